The molecule has 4 N–H and O–H groups in total. The van der Waals surface area contributed by atoms with Crippen LogP contribution >= 0.6 is 0 Å². The average molecular weight is 230 g/mol. The van der Waals surface area contributed by atoms with Gasteiger partial charge in [-0.1, -0.05) is 13.8 Å². The Balaban J connectivity index is 3.53. The molecule has 0 aliphatic heterocycles. The molecule has 0 aliphatic rings. The summed E-state index contributed by atoms with van der Waals surface area (Å²) >= 11 is 0. The highest BCUT2D eigenvalue weighted by Crippen LogP contribution is 2.02. The highest BCUT2D eigenvalue weighted by Gasteiger charge is 2.13. The Morgan fingerprint density at radius 1 is 1.31 bits per heavy atom. The number of carbonyl (C=O) groups excluding carboxylic acids is 1. The number of aliphatic carboxylic acids is 1. The molecule has 0 spiro atoms. The summed E-state index contributed by atoms with van der Waals surface area (Å²) in [6.07, 6.45) is 2.07. The number of carbonyl (C=O) groups is 2. The zero-order valence-corrected chi connectivity index (χ0v) is 10.0. The van der Waals surface area contributed by atoms with Crippen molar-refractivity contribution < 1.29 is 14.7 Å². The summed E-state index contributed by atoms with van der Waals surface area (Å²) in [7, 11) is 0. The van der Waals surface area contributed by atoms with Gasteiger partial charge in [-0.05, 0) is 25.2 Å². The lowest BCUT2D eigenvalue weighted by Gasteiger charge is -2.13. The molecule has 0 unspecified atom stereocenters. The van der Waals surface area contributed by atoms with Crippen molar-refractivity contribution in [3.63, 3.8) is 0 Å². The van der Waals surface area contributed by atoms with E-state index in [2.05, 4.69) is 5.32 Å². The number of amides is 1. The van der Waals surface area contributed by atoms with Crippen molar-refractivity contribution in [2.24, 2.45) is 11.7 Å². The molecular weight excluding hydrogens is 208 g/mol. The summed E-state index contributed by atoms with van der Waals surface area (Å²) in [5.74, 6) is -0.556. The zero-order chi connectivity index (χ0) is 12.6. The molecule has 0 aromatic rings. The Morgan fingerprint density at radius 3 is 2.44 bits per heavy atom. The molecule has 0 saturated heterocycles. The van der Waals surface area contributed by atoms with Crippen molar-refractivity contribution in [1.29, 1.82) is 0 Å². The molecule has 1 atom stereocenters. The second-order valence-electron chi connectivity index (χ2n) is 4.38. The second kappa shape index (κ2) is 8.10. The van der Waals surface area contributed by atoms with Gasteiger partial charge in [-0.25, -0.2) is 0 Å². The number of hydrogen-bond acceptors (Lipinski definition) is 3. The molecule has 5 nitrogen and oxygen atoms in total. The van der Waals surface area contributed by atoms with Crippen molar-refractivity contribution in [2.75, 3.05) is 6.54 Å². The fraction of sp³-hybridized carbons (Fsp3) is 0.818. The first-order chi connectivity index (χ1) is 7.43. The van der Waals surface area contributed by atoms with Gasteiger partial charge in [0.05, 0.1) is 6.04 Å². The molecule has 0 aromatic carbocycles. The van der Waals surface area contributed by atoms with Crippen LogP contribution in [0.5, 0.6) is 0 Å². The molecule has 94 valence electrons. The predicted octanol–water partition coefficient (Wildman–Crippen LogP) is 0.731. The molecule has 0 heterocycles. The molecule has 0 rings (SSSR count). The fourth-order valence-corrected chi connectivity index (χ4v) is 1.36. The SMILES string of the molecule is CC(C)C[C@@H](N)C(=O)NCCCCC(=O)O. The van der Waals surface area contributed by atoms with Crippen molar-refractivity contribution in [3.05, 3.63) is 0 Å². The van der Waals surface area contributed by atoms with E-state index in [4.69, 9.17) is 10.8 Å². The Morgan fingerprint density at radius 2 is 1.94 bits per heavy atom. The smallest absolute Gasteiger partial charge is 0.303 e. The van der Waals surface area contributed by atoms with E-state index in [1.165, 1.54) is 0 Å². The van der Waals surface area contributed by atoms with Gasteiger partial charge in [-0.3, -0.25) is 9.59 Å². The number of carboxylic acids is 1. The Kier molecular flexibility index (Phi) is 7.54. The second-order valence-corrected chi connectivity index (χ2v) is 4.38. The van der Waals surface area contributed by atoms with Crippen LogP contribution in [0.4, 0.5) is 0 Å². The van der Waals surface area contributed by atoms with Crippen LogP contribution in [0, 0.1) is 5.92 Å². The number of nitrogens with one attached hydrogen (secondary N) is 1. The van der Waals surface area contributed by atoms with Gasteiger partial charge in [0.1, 0.15) is 0 Å². The number of hydrogen-bond donors (Lipinski definition) is 3. The van der Waals surface area contributed by atoms with E-state index in [9.17, 15) is 9.59 Å². The fourth-order valence-electron chi connectivity index (χ4n) is 1.36. The van der Waals surface area contributed by atoms with Crippen LogP contribution < -0.4 is 11.1 Å². The van der Waals surface area contributed by atoms with E-state index in [-0.39, 0.29) is 12.3 Å². The molecule has 1 amide bonds. The van der Waals surface area contributed by atoms with Gasteiger partial charge in [0, 0.05) is 13.0 Å². The van der Waals surface area contributed by atoms with E-state index < -0.39 is 12.0 Å². The highest BCUT2D eigenvalue weighted by molar-refractivity contribution is 5.81. The normalized spacial score (nSPS) is 12.5. The third-order valence-electron chi connectivity index (χ3n) is 2.18. The molecule has 0 saturated carbocycles. The number of rotatable bonds is 8. The summed E-state index contributed by atoms with van der Waals surface area (Å²) in [5.41, 5.74) is 5.67. The molecule has 0 fully saturated rings. The van der Waals surface area contributed by atoms with Crippen LogP contribution in [0.1, 0.15) is 39.5 Å². The summed E-state index contributed by atoms with van der Waals surface area (Å²) < 4.78 is 0. The van der Waals surface area contributed by atoms with Crippen LogP contribution in [0.2, 0.25) is 0 Å². The maximum Gasteiger partial charge on any atom is 0.303 e. The highest BCUT2D eigenvalue weighted by atomic mass is 16.4. The van der Waals surface area contributed by atoms with Gasteiger partial charge in [-0.2, -0.15) is 0 Å². The molecule has 0 aromatic heterocycles. The topological polar surface area (TPSA) is 92.4 Å². The van der Waals surface area contributed by atoms with E-state index in [0.29, 0.717) is 31.7 Å². The van der Waals surface area contributed by atoms with Crippen LogP contribution in [0.3, 0.4) is 0 Å². The molecule has 0 radical (unpaired) electrons. The minimum Gasteiger partial charge on any atom is -0.481 e. The van der Waals surface area contributed by atoms with Crippen molar-refractivity contribution >= 4 is 11.9 Å². The lowest BCUT2D eigenvalue weighted by molar-refractivity contribution is -0.137. The van der Waals surface area contributed by atoms with Crippen LogP contribution in [-0.2, 0) is 9.59 Å². The predicted molar refractivity (Wildman–Crippen MR) is 61.9 cm³/mol. The van der Waals surface area contributed by atoms with E-state index in [0.717, 1.165) is 0 Å². The van der Waals surface area contributed by atoms with Crippen LogP contribution in [0.15, 0.2) is 0 Å². The minimum atomic E-state index is -0.803. The molecule has 0 aliphatic carbocycles. The summed E-state index contributed by atoms with van der Waals surface area (Å²) in [4.78, 5) is 21.6. The van der Waals surface area contributed by atoms with Crippen molar-refractivity contribution in [1.82, 2.24) is 5.32 Å². The van der Waals surface area contributed by atoms with Gasteiger partial charge in [-0.15, -0.1) is 0 Å². The monoisotopic (exact) mass is 230 g/mol. The van der Waals surface area contributed by atoms with Gasteiger partial charge < -0.3 is 16.2 Å². The third kappa shape index (κ3) is 8.23. The quantitative estimate of drug-likeness (QED) is 0.536. The molecular formula is C11H22N2O3. The van der Waals surface area contributed by atoms with E-state index in [1.54, 1.807) is 0 Å². The number of nitrogens with two attached hydrogens (primary N) is 1. The van der Waals surface area contributed by atoms with Gasteiger partial charge in [0.2, 0.25) is 5.91 Å². The lowest BCUT2D eigenvalue weighted by atomic mass is 10.0. The third-order valence-corrected chi connectivity index (χ3v) is 2.18. The lowest BCUT2D eigenvalue weighted by Crippen LogP contribution is -2.41. The summed E-state index contributed by atoms with van der Waals surface area (Å²) in [5, 5.41) is 11.1. The minimum absolute atomic E-state index is 0.147. The van der Waals surface area contributed by atoms with Gasteiger partial charge in [0.15, 0.2) is 0 Å². The first-order valence-electron chi connectivity index (χ1n) is 5.68. The Bertz CT molecular complexity index is 229. The molecule has 5 heteroatoms. The van der Waals surface area contributed by atoms with Gasteiger partial charge in [0.25, 0.3) is 0 Å². The van der Waals surface area contributed by atoms with Crippen molar-refractivity contribution in [2.45, 2.75) is 45.6 Å². The van der Waals surface area contributed by atoms with Gasteiger partial charge >= 0.3 is 5.97 Å². The summed E-state index contributed by atoms with van der Waals surface area (Å²) in [6, 6.07) is -0.459. The Hall–Kier alpha value is -1.10. The maximum absolute atomic E-state index is 11.4. The van der Waals surface area contributed by atoms with E-state index in [1.807, 2.05) is 13.8 Å². The number of unbranched alkanes of at least 4 members (excludes halogenated alkanes) is 1. The standard InChI is InChI=1S/C11H22N2O3/c1-8(2)7-9(12)11(16)13-6-4-3-5-10(14)15/h8-9H,3-7,12H2,1-2H3,(H,13,16)(H,14,15)/t9-/m1/s1. The maximum atomic E-state index is 11.4. The zero-order valence-electron chi connectivity index (χ0n) is 10.0. The first-order valence-corrected chi connectivity index (χ1v) is 5.68. The Labute approximate surface area is 96.4 Å². The molecule has 0 bridgehead atoms. The first kappa shape index (κ1) is 14.9. The summed E-state index contributed by atoms with van der Waals surface area (Å²) in [6.45, 7) is 4.53. The van der Waals surface area contributed by atoms with Crippen molar-refractivity contribution in [3.8, 4) is 0 Å². The van der Waals surface area contributed by atoms with Crippen LogP contribution in [-0.4, -0.2) is 29.6 Å². The number of carboxylic acid groups (broad SMARTS) is 1. The largest absolute Gasteiger partial charge is 0.481 e. The van der Waals surface area contributed by atoms with Crippen LogP contribution in [0.25, 0.3) is 0 Å². The molecule has 16 heavy (non-hydrogen) atoms. The van der Waals surface area contributed by atoms with E-state index >= 15 is 0 Å². The average Bonchev–Trinajstić information content (AvgIpc) is 2.15.